The van der Waals surface area contributed by atoms with Crippen LogP contribution >= 0.6 is 11.8 Å². The molecule has 5 heteroatoms. The molecule has 144 valence electrons. The van der Waals surface area contributed by atoms with Gasteiger partial charge in [0.25, 0.3) is 0 Å². The van der Waals surface area contributed by atoms with E-state index in [2.05, 4.69) is 84.4 Å². The van der Waals surface area contributed by atoms with Crippen molar-refractivity contribution in [1.29, 1.82) is 0 Å². The third-order valence-corrected chi connectivity index (χ3v) is 6.91. The maximum absolute atomic E-state index is 5.01. The smallest absolute Gasteiger partial charge is 0.126 e. The molecule has 0 bridgehead atoms. The zero-order chi connectivity index (χ0) is 19.3. The molecule has 1 saturated heterocycles. The quantitative estimate of drug-likeness (QED) is 0.629. The highest BCUT2D eigenvalue weighted by Crippen LogP contribution is 2.44. The lowest BCUT2D eigenvalue weighted by molar-refractivity contribution is 0.00255. The van der Waals surface area contributed by atoms with Gasteiger partial charge in [0.15, 0.2) is 0 Å². The summed E-state index contributed by atoms with van der Waals surface area (Å²) >= 11 is 1.93. The van der Waals surface area contributed by atoms with Gasteiger partial charge in [0.2, 0.25) is 0 Å². The normalized spacial score (nSPS) is 23.0. The number of hydrazine groups is 1. The highest BCUT2D eigenvalue weighted by atomic mass is 32.2. The Morgan fingerprint density at radius 2 is 1.96 bits per heavy atom. The minimum Gasteiger partial charge on any atom is -0.341 e. The fourth-order valence-corrected chi connectivity index (χ4v) is 5.57. The lowest BCUT2D eigenvalue weighted by atomic mass is 10.1. The summed E-state index contributed by atoms with van der Waals surface area (Å²) in [7, 11) is 0. The molecule has 28 heavy (non-hydrogen) atoms. The van der Waals surface area contributed by atoms with E-state index in [9.17, 15) is 0 Å². The maximum atomic E-state index is 5.01. The summed E-state index contributed by atoms with van der Waals surface area (Å²) < 4.78 is 0. The van der Waals surface area contributed by atoms with Crippen molar-refractivity contribution in [2.45, 2.75) is 45.0 Å². The predicted octanol–water partition coefficient (Wildman–Crippen LogP) is 5.63. The Morgan fingerprint density at radius 3 is 2.79 bits per heavy atom. The van der Waals surface area contributed by atoms with E-state index in [-0.39, 0.29) is 0 Å². The van der Waals surface area contributed by atoms with Crippen LogP contribution in [0.1, 0.15) is 48.3 Å². The minimum atomic E-state index is 0.307. The molecule has 1 aromatic heterocycles. The molecule has 5 rings (SSSR count). The number of aromatic nitrogens is 2. The number of aromatic amines is 1. The van der Waals surface area contributed by atoms with Crippen molar-refractivity contribution in [2.24, 2.45) is 0 Å². The summed E-state index contributed by atoms with van der Waals surface area (Å²) in [6, 6.07) is 15.4. The molecule has 0 radical (unpaired) electrons. The summed E-state index contributed by atoms with van der Waals surface area (Å²) in [4.78, 5) is 9.97. The van der Waals surface area contributed by atoms with Crippen molar-refractivity contribution in [3.63, 3.8) is 0 Å². The van der Waals surface area contributed by atoms with Crippen LogP contribution in [-0.2, 0) is 0 Å². The van der Waals surface area contributed by atoms with Gasteiger partial charge in [0.05, 0.1) is 22.4 Å². The second kappa shape index (κ2) is 6.98. The van der Waals surface area contributed by atoms with Crippen molar-refractivity contribution < 1.29 is 0 Å². The van der Waals surface area contributed by atoms with E-state index >= 15 is 0 Å². The monoisotopic (exact) mass is 390 g/mol. The molecule has 4 nitrogen and oxygen atoms in total. The standard InChI is InChI=1S/C23H26N4S/c1-15-12-16(2)22-19(13-15)24-23(25-22)20-10-7-11-26(20)27-14-21(28-17(27)3)18-8-5-4-6-9-18/h4-6,8-9,12-14,17,20H,7,10-11H2,1-3H3,(H,24,25). The van der Waals surface area contributed by atoms with Crippen molar-refractivity contribution in [1.82, 2.24) is 20.0 Å². The van der Waals surface area contributed by atoms with E-state index in [1.54, 1.807) is 0 Å². The summed E-state index contributed by atoms with van der Waals surface area (Å²) in [5.41, 5.74) is 6.09. The highest BCUT2D eigenvalue weighted by molar-refractivity contribution is 8.09. The fourth-order valence-electron chi connectivity index (χ4n) is 4.47. The van der Waals surface area contributed by atoms with Gasteiger partial charge in [-0.05, 0) is 56.4 Å². The summed E-state index contributed by atoms with van der Waals surface area (Å²) in [5.74, 6) is 1.10. The number of nitrogens with one attached hydrogen (secondary N) is 1. The maximum Gasteiger partial charge on any atom is 0.126 e. The van der Waals surface area contributed by atoms with Gasteiger partial charge in [-0.1, -0.05) is 48.2 Å². The number of thioether (sulfide) groups is 1. The summed E-state index contributed by atoms with van der Waals surface area (Å²) in [6.45, 7) is 7.66. The predicted molar refractivity (Wildman–Crippen MR) is 118 cm³/mol. The van der Waals surface area contributed by atoms with Gasteiger partial charge in [0, 0.05) is 17.6 Å². The van der Waals surface area contributed by atoms with E-state index in [1.807, 2.05) is 11.8 Å². The largest absolute Gasteiger partial charge is 0.341 e. The second-order valence-corrected chi connectivity index (χ2v) is 9.24. The second-order valence-electron chi connectivity index (χ2n) is 7.88. The summed E-state index contributed by atoms with van der Waals surface area (Å²) in [6.07, 6.45) is 4.66. The molecule has 2 aliphatic rings. The van der Waals surface area contributed by atoms with Crippen LogP contribution in [0, 0.1) is 13.8 Å². The Kier molecular flexibility index (Phi) is 4.44. The number of benzene rings is 2. The lowest BCUT2D eigenvalue weighted by Crippen LogP contribution is -2.41. The van der Waals surface area contributed by atoms with Gasteiger partial charge in [-0.25, -0.2) is 9.99 Å². The third kappa shape index (κ3) is 3.03. The van der Waals surface area contributed by atoms with Gasteiger partial charge < -0.3 is 4.98 Å². The SMILES string of the molecule is Cc1cc(C)c2nc(C3CCCN3N3C=C(c4ccccc4)SC3C)[nH]c2c1. The van der Waals surface area contributed by atoms with E-state index in [0.717, 1.165) is 29.8 Å². The number of imidazole rings is 1. The first kappa shape index (κ1) is 17.8. The van der Waals surface area contributed by atoms with Crippen LogP contribution in [0.15, 0.2) is 48.7 Å². The number of H-pyrrole nitrogens is 1. The number of hydrogen-bond acceptors (Lipinski definition) is 4. The van der Waals surface area contributed by atoms with E-state index in [4.69, 9.17) is 4.98 Å². The Bertz CT molecular complexity index is 1040. The first-order chi connectivity index (χ1) is 13.6. The van der Waals surface area contributed by atoms with Crippen molar-refractivity contribution >= 4 is 27.7 Å². The van der Waals surface area contributed by atoms with Crippen LogP contribution in [0.2, 0.25) is 0 Å². The van der Waals surface area contributed by atoms with Gasteiger partial charge in [-0.2, -0.15) is 0 Å². The van der Waals surface area contributed by atoms with Gasteiger partial charge in [0.1, 0.15) is 5.82 Å². The number of aryl methyl sites for hydroxylation is 2. The Balaban J connectivity index is 1.47. The van der Waals surface area contributed by atoms with Crippen LogP contribution in [0.4, 0.5) is 0 Å². The van der Waals surface area contributed by atoms with Crippen molar-refractivity contribution in [3.05, 3.63) is 71.2 Å². The Morgan fingerprint density at radius 1 is 1.14 bits per heavy atom. The number of nitrogens with zero attached hydrogens (tertiary/aromatic N) is 3. The molecule has 0 saturated carbocycles. The first-order valence-corrected chi connectivity index (χ1v) is 10.9. The van der Waals surface area contributed by atoms with Crippen molar-refractivity contribution in [2.75, 3.05) is 6.54 Å². The average Bonchev–Trinajstić information content (AvgIpc) is 3.39. The van der Waals surface area contributed by atoms with Crippen LogP contribution in [-0.4, -0.2) is 31.9 Å². The van der Waals surface area contributed by atoms with E-state index in [0.29, 0.717) is 11.4 Å². The number of fused-ring (bicyclic) bond motifs is 1. The molecule has 2 unspecified atom stereocenters. The van der Waals surface area contributed by atoms with Crippen molar-refractivity contribution in [3.8, 4) is 0 Å². The first-order valence-electron chi connectivity index (χ1n) is 10.1. The van der Waals surface area contributed by atoms with Gasteiger partial charge in [-0.3, -0.25) is 5.01 Å². The zero-order valence-electron chi connectivity index (χ0n) is 16.6. The average molecular weight is 391 g/mol. The molecule has 0 aliphatic carbocycles. The highest BCUT2D eigenvalue weighted by Gasteiger charge is 2.36. The molecule has 3 heterocycles. The fraction of sp³-hybridized carbons (Fsp3) is 0.348. The molecule has 2 aromatic carbocycles. The minimum absolute atomic E-state index is 0.307. The number of hydrogen-bond donors (Lipinski definition) is 1. The summed E-state index contributed by atoms with van der Waals surface area (Å²) in [5, 5.41) is 5.33. The molecule has 0 spiro atoms. The van der Waals surface area contributed by atoms with Crippen LogP contribution in [0.25, 0.3) is 15.9 Å². The molecule has 2 aliphatic heterocycles. The van der Waals surface area contributed by atoms with Gasteiger partial charge >= 0.3 is 0 Å². The van der Waals surface area contributed by atoms with Crippen LogP contribution in [0.3, 0.4) is 0 Å². The van der Waals surface area contributed by atoms with Gasteiger partial charge in [-0.15, -0.1) is 0 Å². The molecule has 1 N–H and O–H groups in total. The molecule has 0 amide bonds. The topological polar surface area (TPSA) is 35.2 Å². The molecule has 3 aromatic rings. The molecule has 1 fully saturated rings. The molecular formula is C23H26N4S. The lowest BCUT2D eigenvalue weighted by Gasteiger charge is -2.35. The van der Waals surface area contributed by atoms with Crippen LogP contribution < -0.4 is 0 Å². The zero-order valence-corrected chi connectivity index (χ0v) is 17.5. The number of rotatable bonds is 3. The molecular weight excluding hydrogens is 364 g/mol. The Labute approximate surface area is 170 Å². The van der Waals surface area contributed by atoms with E-state index < -0.39 is 0 Å². The van der Waals surface area contributed by atoms with E-state index in [1.165, 1.54) is 28.0 Å². The third-order valence-electron chi connectivity index (χ3n) is 5.75. The Hall–Kier alpha value is -2.24. The molecule has 2 atom stereocenters. The van der Waals surface area contributed by atoms with Crippen LogP contribution in [0.5, 0.6) is 0 Å².